The highest BCUT2D eigenvalue weighted by Gasteiger charge is 2.57. The predicted molar refractivity (Wildman–Crippen MR) is 81.4 cm³/mol. The maximum atomic E-state index is 9.54. The van der Waals surface area contributed by atoms with Gasteiger partial charge in [0.2, 0.25) is 0 Å². The Labute approximate surface area is 117 Å². The molecule has 1 aromatic carbocycles. The Morgan fingerprint density at radius 2 is 1.68 bits per heavy atom. The first-order chi connectivity index (χ1) is 9.13. The number of aromatic hydroxyl groups is 1. The lowest BCUT2D eigenvalue weighted by Gasteiger charge is -2.62. The minimum absolute atomic E-state index is 0.403. The second-order valence-corrected chi connectivity index (χ2v) is 8.88. The highest BCUT2D eigenvalue weighted by Crippen LogP contribution is 2.66. The Hall–Kier alpha value is -0.550. The third-order valence-electron chi connectivity index (χ3n) is 6.07. The van der Waals surface area contributed by atoms with Crippen LogP contribution >= 0.6 is 8.58 Å². The van der Waals surface area contributed by atoms with Crippen LogP contribution in [0.1, 0.15) is 44.1 Å². The largest absolute Gasteiger partial charge is 0.508 e. The molecule has 1 aromatic rings. The summed E-state index contributed by atoms with van der Waals surface area (Å²) >= 11 is 0. The Morgan fingerprint density at radius 3 is 2.26 bits per heavy atom. The minimum atomic E-state index is 0.403. The van der Waals surface area contributed by atoms with Crippen LogP contribution in [0.2, 0.25) is 0 Å². The molecule has 0 aromatic heterocycles. The van der Waals surface area contributed by atoms with Gasteiger partial charge in [0.05, 0.1) is 0 Å². The van der Waals surface area contributed by atoms with Gasteiger partial charge in [0.15, 0.2) is 0 Å². The van der Waals surface area contributed by atoms with Gasteiger partial charge in [-0.1, -0.05) is 12.1 Å². The topological polar surface area (TPSA) is 20.2 Å². The molecule has 0 radical (unpaired) electrons. The smallest absolute Gasteiger partial charge is 0.115 e. The summed E-state index contributed by atoms with van der Waals surface area (Å²) in [6.45, 7) is 2.43. The maximum Gasteiger partial charge on any atom is 0.115 e. The summed E-state index contributed by atoms with van der Waals surface area (Å²) in [5, 5.41) is 10.2. The summed E-state index contributed by atoms with van der Waals surface area (Å²) in [5.74, 6) is 2.35. The number of hydrogen-bond acceptors (Lipinski definition) is 1. The van der Waals surface area contributed by atoms with Gasteiger partial charge in [-0.3, -0.25) is 0 Å². The van der Waals surface area contributed by atoms with Crippen molar-refractivity contribution in [3.8, 4) is 5.75 Å². The zero-order valence-electron chi connectivity index (χ0n) is 11.7. The summed E-state index contributed by atoms with van der Waals surface area (Å²) in [5.41, 5.74) is 1.95. The van der Waals surface area contributed by atoms with Gasteiger partial charge in [-0.15, -0.1) is 8.58 Å². The van der Waals surface area contributed by atoms with Gasteiger partial charge in [0.25, 0.3) is 0 Å². The molecule has 102 valence electrons. The van der Waals surface area contributed by atoms with Crippen LogP contribution in [0.4, 0.5) is 0 Å². The first-order valence-electron chi connectivity index (χ1n) is 7.62. The van der Waals surface area contributed by atoms with Gasteiger partial charge in [0, 0.05) is 0 Å². The van der Waals surface area contributed by atoms with Crippen molar-refractivity contribution < 1.29 is 5.11 Å². The fourth-order valence-corrected chi connectivity index (χ4v) is 7.21. The predicted octanol–water partition coefficient (Wildman–Crippen LogP) is 4.29. The molecule has 0 saturated heterocycles. The molecular weight excluding hydrogens is 251 g/mol. The third-order valence-corrected chi connectivity index (χ3v) is 7.72. The Bertz CT molecular complexity index is 478. The maximum absolute atomic E-state index is 9.54. The molecule has 4 bridgehead atoms. The normalized spacial score (nSPS) is 44.3. The van der Waals surface area contributed by atoms with Gasteiger partial charge < -0.3 is 5.11 Å². The number of phenols is 1. The standard InChI is InChI=1S/C17H23OP/c1-19-17-9-12-6-13(10-17)8-16(7-12,11-17)14-2-4-15(18)5-3-14/h2-5,12-13,18-19H,6-11H2,1H3. The van der Waals surface area contributed by atoms with Gasteiger partial charge >= 0.3 is 0 Å². The minimum Gasteiger partial charge on any atom is -0.508 e. The molecule has 4 aliphatic rings. The van der Waals surface area contributed by atoms with E-state index in [4.69, 9.17) is 0 Å². The lowest BCUT2D eigenvalue weighted by molar-refractivity contribution is 0.0108. The zero-order chi connectivity index (χ0) is 13.1. The quantitative estimate of drug-likeness (QED) is 0.798. The Morgan fingerprint density at radius 1 is 1.05 bits per heavy atom. The van der Waals surface area contributed by atoms with Crippen LogP contribution < -0.4 is 0 Å². The fourth-order valence-electron chi connectivity index (χ4n) is 5.71. The number of hydrogen-bond donors (Lipinski definition) is 1. The van der Waals surface area contributed by atoms with E-state index in [1.54, 1.807) is 0 Å². The van der Waals surface area contributed by atoms with Crippen LogP contribution in [-0.4, -0.2) is 16.9 Å². The van der Waals surface area contributed by atoms with Gasteiger partial charge in [0.1, 0.15) is 5.75 Å². The van der Waals surface area contributed by atoms with E-state index in [-0.39, 0.29) is 0 Å². The Balaban J connectivity index is 1.76. The molecule has 2 heteroatoms. The summed E-state index contributed by atoms with van der Waals surface area (Å²) in [4.78, 5) is 0. The van der Waals surface area contributed by atoms with Crippen LogP contribution in [-0.2, 0) is 5.41 Å². The summed E-state index contributed by atoms with van der Waals surface area (Å²) in [7, 11) is 1.10. The molecule has 19 heavy (non-hydrogen) atoms. The van der Waals surface area contributed by atoms with Crippen molar-refractivity contribution >= 4 is 8.58 Å². The average Bonchev–Trinajstić information content (AvgIpc) is 2.38. The highest BCUT2D eigenvalue weighted by molar-refractivity contribution is 7.39. The molecule has 0 heterocycles. The lowest BCUT2D eigenvalue weighted by Crippen LogP contribution is -2.55. The number of benzene rings is 1. The van der Waals surface area contributed by atoms with E-state index in [2.05, 4.69) is 18.8 Å². The summed E-state index contributed by atoms with van der Waals surface area (Å²) < 4.78 is 0. The van der Waals surface area contributed by atoms with Crippen LogP contribution in [0.5, 0.6) is 5.75 Å². The van der Waals surface area contributed by atoms with E-state index in [9.17, 15) is 5.11 Å². The second-order valence-electron chi connectivity index (χ2n) is 7.32. The number of rotatable bonds is 2. The van der Waals surface area contributed by atoms with Crippen LogP contribution in [0.15, 0.2) is 24.3 Å². The summed E-state index contributed by atoms with van der Waals surface area (Å²) in [6.07, 6.45) is 8.70. The van der Waals surface area contributed by atoms with Gasteiger partial charge in [-0.05, 0) is 85.3 Å². The molecule has 3 unspecified atom stereocenters. The Kier molecular flexibility index (Phi) is 2.56. The fraction of sp³-hybridized carbons (Fsp3) is 0.647. The van der Waals surface area contributed by atoms with E-state index in [0.29, 0.717) is 16.3 Å². The second kappa shape index (κ2) is 3.98. The molecule has 1 N–H and O–H groups in total. The lowest BCUT2D eigenvalue weighted by atomic mass is 9.47. The van der Waals surface area contributed by atoms with Crippen molar-refractivity contribution in [2.24, 2.45) is 11.8 Å². The molecule has 3 atom stereocenters. The van der Waals surface area contributed by atoms with Crippen molar-refractivity contribution in [1.29, 1.82) is 0 Å². The van der Waals surface area contributed by atoms with Crippen LogP contribution in [0.3, 0.4) is 0 Å². The molecule has 0 spiro atoms. The van der Waals surface area contributed by atoms with E-state index in [0.717, 1.165) is 20.4 Å². The molecular formula is C17H23OP. The molecule has 5 rings (SSSR count). The van der Waals surface area contributed by atoms with Crippen molar-refractivity contribution in [3.05, 3.63) is 29.8 Å². The first-order valence-corrected chi connectivity index (χ1v) is 9.12. The van der Waals surface area contributed by atoms with E-state index >= 15 is 0 Å². The van der Waals surface area contributed by atoms with Crippen molar-refractivity contribution in [2.75, 3.05) is 6.66 Å². The molecule has 4 saturated carbocycles. The van der Waals surface area contributed by atoms with Gasteiger partial charge in [-0.2, -0.15) is 0 Å². The van der Waals surface area contributed by atoms with Crippen LogP contribution in [0.25, 0.3) is 0 Å². The van der Waals surface area contributed by atoms with E-state index < -0.39 is 0 Å². The zero-order valence-corrected chi connectivity index (χ0v) is 12.7. The molecule has 4 fully saturated rings. The van der Waals surface area contributed by atoms with Crippen LogP contribution in [0, 0.1) is 11.8 Å². The van der Waals surface area contributed by atoms with Crippen molar-refractivity contribution in [2.45, 2.75) is 49.1 Å². The molecule has 1 nitrogen and oxygen atoms in total. The molecule has 0 aliphatic heterocycles. The molecule has 0 amide bonds. The SMILES string of the molecule is CPC12CC3CC(C1)CC(c1ccc(O)cc1)(C3)C2. The monoisotopic (exact) mass is 274 g/mol. The van der Waals surface area contributed by atoms with Crippen molar-refractivity contribution in [1.82, 2.24) is 0 Å². The van der Waals surface area contributed by atoms with E-state index in [1.807, 2.05) is 12.1 Å². The van der Waals surface area contributed by atoms with Gasteiger partial charge in [-0.25, -0.2) is 0 Å². The number of phenolic OH excluding ortho intramolecular Hbond substituents is 1. The third kappa shape index (κ3) is 1.77. The van der Waals surface area contributed by atoms with E-state index in [1.165, 1.54) is 44.1 Å². The first kappa shape index (κ1) is 12.2. The summed E-state index contributed by atoms with van der Waals surface area (Å²) in [6, 6.07) is 8.15. The van der Waals surface area contributed by atoms with Crippen molar-refractivity contribution in [3.63, 3.8) is 0 Å². The molecule has 4 aliphatic carbocycles. The highest BCUT2D eigenvalue weighted by atomic mass is 31.1. The average molecular weight is 274 g/mol.